The summed E-state index contributed by atoms with van der Waals surface area (Å²) in [5.74, 6) is 2.54. The van der Waals surface area contributed by atoms with Gasteiger partial charge in [0.25, 0.3) is 0 Å². The zero-order valence-electron chi connectivity index (χ0n) is 22.6. The van der Waals surface area contributed by atoms with Crippen LogP contribution in [0, 0.1) is 6.92 Å². The number of Topliss-reactive ketones (excluding diaryl/α,β-unsaturated/α-hetero) is 1. The summed E-state index contributed by atoms with van der Waals surface area (Å²) in [6, 6.07) is 16.4. The number of ether oxygens (including phenoxy) is 4. The van der Waals surface area contributed by atoms with Gasteiger partial charge in [-0.2, -0.15) is 0 Å². The standard InChI is InChI=1S/C30H32N2O6.ClH/c1-18-12-22(16-28(36-4)30(18)37-5)29-24(17-38-32-29)20-8-11-27(35-3)21(14-20)15-26(33)25(31)13-19-6-9-23(34-2)10-7-19;/h6-12,14,16-17,25H,13,15,31H2,1-5H3;1H. The smallest absolute Gasteiger partial charge is 0.163 e. The third-order valence-electron chi connectivity index (χ3n) is 6.49. The van der Waals surface area contributed by atoms with Crippen molar-refractivity contribution in [3.05, 3.63) is 77.6 Å². The molecular formula is C30H33ClN2O6. The predicted octanol–water partition coefficient (Wildman–Crippen LogP) is 5.45. The lowest BCUT2D eigenvalue weighted by Crippen LogP contribution is -2.34. The lowest BCUT2D eigenvalue weighted by Gasteiger charge is -2.15. The van der Waals surface area contributed by atoms with Crippen LogP contribution in [-0.2, 0) is 17.6 Å². The van der Waals surface area contributed by atoms with Gasteiger partial charge in [0.2, 0.25) is 0 Å². The average Bonchev–Trinajstić information content (AvgIpc) is 3.43. The summed E-state index contributed by atoms with van der Waals surface area (Å²) in [5, 5.41) is 4.26. The van der Waals surface area contributed by atoms with E-state index in [9.17, 15) is 4.79 Å². The minimum Gasteiger partial charge on any atom is -0.497 e. The molecule has 8 nitrogen and oxygen atoms in total. The topological polar surface area (TPSA) is 106 Å². The highest BCUT2D eigenvalue weighted by Gasteiger charge is 2.20. The molecule has 39 heavy (non-hydrogen) atoms. The molecule has 3 aromatic carbocycles. The van der Waals surface area contributed by atoms with Crippen molar-refractivity contribution in [2.75, 3.05) is 28.4 Å². The van der Waals surface area contributed by atoms with Crippen LogP contribution in [0.4, 0.5) is 0 Å². The molecule has 1 unspecified atom stereocenters. The number of nitrogens with zero attached hydrogens (tertiary/aromatic N) is 1. The summed E-state index contributed by atoms with van der Waals surface area (Å²) < 4.78 is 27.1. The third kappa shape index (κ3) is 6.53. The molecular weight excluding hydrogens is 520 g/mol. The first kappa shape index (κ1) is 29.5. The maximum atomic E-state index is 13.1. The molecule has 4 rings (SSSR count). The van der Waals surface area contributed by atoms with Gasteiger partial charge in [-0.25, -0.2) is 0 Å². The molecule has 1 heterocycles. The number of hydrogen-bond acceptors (Lipinski definition) is 8. The monoisotopic (exact) mass is 552 g/mol. The zero-order chi connectivity index (χ0) is 27.2. The second-order valence-corrected chi connectivity index (χ2v) is 8.93. The fraction of sp³-hybridized carbons (Fsp3) is 0.267. The van der Waals surface area contributed by atoms with Crippen molar-refractivity contribution in [2.45, 2.75) is 25.8 Å². The van der Waals surface area contributed by atoms with Crippen molar-refractivity contribution in [2.24, 2.45) is 5.73 Å². The molecule has 0 fully saturated rings. The summed E-state index contributed by atoms with van der Waals surface area (Å²) in [7, 11) is 6.40. The first-order chi connectivity index (χ1) is 18.4. The van der Waals surface area contributed by atoms with Crippen LogP contribution in [0.25, 0.3) is 22.4 Å². The van der Waals surface area contributed by atoms with E-state index < -0.39 is 6.04 Å². The number of aryl methyl sites for hydroxylation is 1. The van der Waals surface area contributed by atoms with E-state index in [4.69, 9.17) is 29.2 Å². The Kier molecular flexibility index (Phi) is 9.98. The van der Waals surface area contributed by atoms with Gasteiger partial charge in [0.15, 0.2) is 17.3 Å². The van der Waals surface area contributed by atoms with Crippen molar-refractivity contribution in [1.29, 1.82) is 0 Å². The van der Waals surface area contributed by atoms with E-state index in [0.29, 0.717) is 29.4 Å². The van der Waals surface area contributed by atoms with Gasteiger partial charge in [0.1, 0.15) is 23.5 Å². The second-order valence-electron chi connectivity index (χ2n) is 8.93. The van der Waals surface area contributed by atoms with Gasteiger partial charge in [-0.05, 0) is 66.4 Å². The Bertz CT molecular complexity index is 1420. The second kappa shape index (κ2) is 13.2. The largest absolute Gasteiger partial charge is 0.497 e. The number of carbonyl (C=O) groups is 1. The Hall–Kier alpha value is -4.01. The molecule has 2 N–H and O–H groups in total. The highest BCUT2D eigenvalue weighted by atomic mass is 35.5. The molecule has 0 aliphatic carbocycles. The van der Waals surface area contributed by atoms with Gasteiger partial charge in [-0.3, -0.25) is 4.79 Å². The summed E-state index contributed by atoms with van der Waals surface area (Å²) in [5.41, 5.74) is 12.0. The van der Waals surface area contributed by atoms with Crippen molar-refractivity contribution < 1.29 is 28.3 Å². The molecule has 0 bridgehead atoms. The van der Waals surface area contributed by atoms with E-state index in [2.05, 4.69) is 5.16 Å². The number of halogens is 1. The maximum Gasteiger partial charge on any atom is 0.163 e. The lowest BCUT2D eigenvalue weighted by molar-refractivity contribution is -0.119. The number of methoxy groups -OCH3 is 4. The fourth-order valence-corrected chi connectivity index (χ4v) is 4.47. The molecule has 0 aliphatic rings. The number of carbonyl (C=O) groups excluding carboxylic acids is 1. The highest BCUT2D eigenvalue weighted by Crippen LogP contribution is 2.39. The Balaban J connectivity index is 0.00000420. The first-order valence-corrected chi connectivity index (χ1v) is 12.1. The van der Waals surface area contributed by atoms with Crippen LogP contribution in [0.15, 0.2) is 65.4 Å². The molecule has 0 spiro atoms. The van der Waals surface area contributed by atoms with Gasteiger partial charge in [-0.15, -0.1) is 12.4 Å². The van der Waals surface area contributed by atoms with Crippen molar-refractivity contribution in [3.63, 3.8) is 0 Å². The quantitative estimate of drug-likeness (QED) is 0.262. The normalized spacial score (nSPS) is 11.3. The Morgan fingerprint density at radius 1 is 0.897 bits per heavy atom. The van der Waals surface area contributed by atoms with Crippen LogP contribution in [0.3, 0.4) is 0 Å². The molecule has 0 amide bonds. The van der Waals surface area contributed by atoms with E-state index in [1.807, 2.05) is 61.5 Å². The molecule has 9 heteroatoms. The number of ketones is 1. The van der Waals surface area contributed by atoms with Crippen molar-refractivity contribution >= 4 is 18.2 Å². The SMILES string of the molecule is COc1ccc(CC(N)C(=O)Cc2cc(-c3conc3-c3cc(C)c(OC)c(OC)c3)ccc2OC)cc1.Cl. The summed E-state index contributed by atoms with van der Waals surface area (Å²) >= 11 is 0. The Labute approximate surface area is 234 Å². The Morgan fingerprint density at radius 3 is 2.26 bits per heavy atom. The molecule has 1 aromatic heterocycles. The van der Waals surface area contributed by atoms with Crippen molar-refractivity contribution in [1.82, 2.24) is 5.16 Å². The van der Waals surface area contributed by atoms with E-state index in [-0.39, 0.29) is 24.6 Å². The van der Waals surface area contributed by atoms with Gasteiger partial charge >= 0.3 is 0 Å². The van der Waals surface area contributed by atoms with E-state index in [0.717, 1.165) is 39.1 Å². The fourth-order valence-electron chi connectivity index (χ4n) is 4.47. The van der Waals surface area contributed by atoms with Crippen LogP contribution in [0.5, 0.6) is 23.0 Å². The minimum absolute atomic E-state index is 0. The molecule has 0 saturated heterocycles. The van der Waals surface area contributed by atoms with Crippen LogP contribution in [0.2, 0.25) is 0 Å². The maximum absolute atomic E-state index is 13.1. The van der Waals surface area contributed by atoms with Crippen LogP contribution in [0.1, 0.15) is 16.7 Å². The molecule has 1 atom stereocenters. The van der Waals surface area contributed by atoms with Crippen molar-refractivity contribution in [3.8, 4) is 45.4 Å². The van der Waals surface area contributed by atoms with E-state index >= 15 is 0 Å². The molecule has 4 aromatic rings. The summed E-state index contributed by atoms with van der Waals surface area (Å²) in [6.45, 7) is 1.94. The number of hydrogen-bond donors (Lipinski definition) is 1. The van der Waals surface area contributed by atoms with Gasteiger partial charge in [0, 0.05) is 23.1 Å². The molecule has 0 saturated carbocycles. The minimum atomic E-state index is -0.655. The summed E-state index contributed by atoms with van der Waals surface area (Å²) in [6.07, 6.45) is 2.15. The van der Waals surface area contributed by atoms with E-state index in [1.165, 1.54) is 0 Å². The van der Waals surface area contributed by atoms with Gasteiger partial charge in [-0.1, -0.05) is 23.4 Å². The van der Waals surface area contributed by atoms with Gasteiger partial charge < -0.3 is 29.2 Å². The third-order valence-corrected chi connectivity index (χ3v) is 6.49. The first-order valence-electron chi connectivity index (χ1n) is 12.1. The summed E-state index contributed by atoms with van der Waals surface area (Å²) in [4.78, 5) is 13.1. The predicted molar refractivity (Wildman–Crippen MR) is 152 cm³/mol. The molecule has 0 aliphatic heterocycles. The lowest BCUT2D eigenvalue weighted by atomic mass is 9.94. The number of nitrogens with two attached hydrogens (primary N) is 1. The zero-order valence-corrected chi connectivity index (χ0v) is 23.5. The van der Waals surface area contributed by atoms with Crippen LogP contribution < -0.4 is 24.7 Å². The average molecular weight is 553 g/mol. The molecule has 206 valence electrons. The van der Waals surface area contributed by atoms with E-state index in [1.54, 1.807) is 34.7 Å². The van der Waals surface area contributed by atoms with Gasteiger partial charge in [0.05, 0.1) is 34.5 Å². The molecule has 0 radical (unpaired) electrons. The number of benzene rings is 3. The Morgan fingerprint density at radius 2 is 1.62 bits per heavy atom. The highest BCUT2D eigenvalue weighted by molar-refractivity contribution is 5.88. The number of rotatable bonds is 11. The number of aromatic nitrogens is 1. The van der Waals surface area contributed by atoms with Crippen LogP contribution >= 0.6 is 12.4 Å². The van der Waals surface area contributed by atoms with Crippen LogP contribution in [-0.4, -0.2) is 45.4 Å².